The molecule has 0 aliphatic heterocycles. The Morgan fingerprint density at radius 2 is 1.67 bits per heavy atom. The van der Waals surface area contributed by atoms with Gasteiger partial charge in [-0.1, -0.05) is 13.8 Å². The topological polar surface area (TPSA) is 82.8 Å². The monoisotopic (exact) mass is 360 g/mol. The van der Waals surface area contributed by atoms with E-state index in [1.807, 2.05) is 19.9 Å². The molecular formula is C17H29ClN2O4. The van der Waals surface area contributed by atoms with Gasteiger partial charge < -0.3 is 25.3 Å². The number of halogens is 1. The highest BCUT2D eigenvalue weighted by atomic mass is 35.5. The van der Waals surface area contributed by atoms with Gasteiger partial charge in [0.25, 0.3) is 0 Å². The van der Waals surface area contributed by atoms with Crippen LogP contribution in [0.2, 0.25) is 0 Å². The Kier molecular flexibility index (Phi) is 9.55. The van der Waals surface area contributed by atoms with Crippen LogP contribution in [-0.2, 0) is 11.3 Å². The molecule has 3 N–H and O–H groups in total. The number of hydrogen-bond acceptors (Lipinski definition) is 5. The molecule has 0 radical (unpaired) electrons. The van der Waals surface area contributed by atoms with E-state index in [1.165, 1.54) is 0 Å². The van der Waals surface area contributed by atoms with E-state index in [1.54, 1.807) is 27.4 Å². The normalized spacial score (nSPS) is 10.6. The zero-order valence-electron chi connectivity index (χ0n) is 15.1. The third kappa shape index (κ3) is 4.45. The average Bonchev–Trinajstić information content (AvgIpc) is 2.60. The zero-order chi connectivity index (χ0) is 17.5. The first-order valence-corrected chi connectivity index (χ1v) is 7.79. The lowest BCUT2D eigenvalue weighted by molar-refractivity contribution is -0.131. The summed E-state index contributed by atoms with van der Waals surface area (Å²) in [5, 5.41) is 2.96. The molecule has 0 spiro atoms. The first-order chi connectivity index (χ1) is 11.0. The van der Waals surface area contributed by atoms with E-state index in [0.29, 0.717) is 43.2 Å². The molecule has 24 heavy (non-hydrogen) atoms. The molecule has 7 heteroatoms. The van der Waals surface area contributed by atoms with Crippen molar-refractivity contribution >= 4 is 18.3 Å². The Morgan fingerprint density at radius 1 is 1.08 bits per heavy atom. The van der Waals surface area contributed by atoms with E-state index in [0.717, 1.165) is 5.56 Å². The number of benzene rings is 1. The maximum atomic E-state index is 12.5. The van der Waals surface area contributed by atoms with E-state index in [9.17, 15) is 4.79 Å². The fourth-order valence-electron chi connectivity index (χ4n) is 2.62. The Bertz CT molecular complexity index is 525. The molecule has 1 amide bonds. The van der Waals surface area contributed by atoms with E-state index in [4.69, 9.17) is 19.9 Å². The van der Waals surface area contributed by atoms with Gasteiger partial charge in [0.15, 0.2) is 11.5 Å². The lowest BCUT2D eigenvalue weighted by atomic mass is 9.81. The summed E-state index contributed by atoms with van der Waals surface area (Å²) >= 11 is 0. The van der Waals surface area contributed by atoms with Crippen LogP contribution in [0, 0.1) is 5.41 Å². The van der Waals surface area contributed by atoms with E-state index in [2.05, 4.69) is 5.32 Å². The molecule has 0 bridgehead atoms. The molecule has 0 aliphatic rings. The van der Waals surface area contributed by atoms with Gasteiger partial charge in [-0.2, -0.15) is 0 Å². The molecule has 1 rings (SSSR count). The Morgan fingerprint density at radius 3 is 2.08 bits per heavy atom. The number of methoxy groups -OCH3 is 3. The lowest BCUT2D eigenvalue weighted by Gasteiger charge is -2.28. The summed E-state index contributed by atoms with van der Waals surface area (Å²) in [4.78, 5) is 12.5. The molecule has 0 unspecified atom stereocenters. The van der Waals surface area contributed by atoms with Gasteiger partial charge >= 0.3 is 0 Å². The molecule has 0 saturated carbocycles. The molecule has 0 saturated heterocycles. The van der Waals surface area contributed by atoms with Gasteiger partial charge in [0.05, 0.1) is 26.7 Å². The molecular weight excluding hydrogens is 332 g/mol. The van der Waals surface area contributed by atoms with Crippen molar-refractivity contribution in [3.05, 3.63) is 17.7 Å². The summed E-state index contributed by atoms with van der Waals surface area (Å²) in [6.07, 6.45) is 1.41. The van der Waals surface area contributed by atoms with Crippen LogP contribution in [0.4, 0.5) is 0 Å². The van der Waals surface area contributed by atoms with Gasteiger partial charge in [-0.25, -0.2) is 0 Å². The molecule has 6 nitrogen and oxygen atoms in total. The van der Waals surface area contributed by atoms with Crippen LogP contribution in [0.3, 0.4) is 0 Å². The van der Waals surface area contributed by atoms with Crippen molar-refractivity contribution in [3.63, 3.8) is 0 Å². The molecule has 1 aromatic carbocycles. The van der Waals surface area contributed by atoms with Gasteiger partial charge in [-0.3, -0.25) is 4.79 Å². The minimum Gasteiger partial charge on any atom is -0.493 e. The summed E-state index contributed by atoms with van der Waals surface area (Å²) in [5.74, 6) is 1.61. The number of nitrogens with two attached hydrogens (primary N) is 1. The quantitative estimate of drug-likeness (QED) is 0.707. The smallest absolute Gasteiger partial charge is 0.227 e. The van der Waals surface area contributed by atoms with Crippen LogP contribution in [0.15, 0.2) is 12.1 Å². The predicted octanol–water partition coefficient (Wildman–Crippen LogP) is 2.52. The fourth-order valence-corrected chi connectivity index (χ4v) is 2.62. The number of amides is 1. The minimum absolute atomic E-state index is 0. The first kappa shape index (κ1) is 22.3. The van der Waals surface area contributed by atoms with Crippen molar-refractivity contribution < 1.29 is 19.0 Å². The predicted molar refractivity (Wildman–Crippen MR) is 97.3 cm³/mol. The van der Waals surface area contributed by atoms with Crippen LogP contribution < -0.4 is 25.3 Å². The molecule has 0 heterocycles. The maximum Gasteiger partial charge on any atom is 0.227 e. The Balaban J connectivity index is 0.00000529. The second kappa shape index (κ2) is 10.3. The molecule has 0 aliphatic carbocycles. The minimum atomic E-state index is -0.524. The molecule has 0 fully saturated rings. The average molecular weight is 361 g/mol. The van der Waals surface area contributed by atoms with Crippen LogP contribution in [-0.4, -0.2) is 33.8 Å². The number of ether oxygens (including phenoxy) is 3. The van der Waals surface area contributed by atoms with Crippen LogP contribution >= 0.6 is 12.4 Å². The van der Waals surface area contributed by atoms with Gasteiger partial charge in [-0.05, 0) is 25.0 Å². The number of nitrogens with one attached hydrogen (secondary N) is 1. The Labute approximate surface area is 150 Å². The molecule has 1 aromatic rings. The largest absolute Gasteiger partial charge is 0.493 e. The second-order valence-corrected chi connectivity index (χ2v) is 5.37. The van der Waals surface area contributed by atoms with Crippen molar-refractivity contribution in [2.45, 2.75) is 33.2 Å². The zero-order valence-corrected chi connectivity index (χ0v) is 15.9. The summed E-state index contributed by atoms with van der Waals surface area (Å²) in [5.41, 5.74) is 6.11. The van der Waals surface area contributed by atoms with Crippen LogP contribution in [0.25, 0.3) is 0 Å². The Hall–Kier alpha value is -1.66. The second-order valence-electron chi connectivity index (χ2n) is 5.37. The van der Waals surface area contributed by atoms with Crippen LogP contribution in [0.5, 0.6) is 17.2 Å². The number of hydrogen-bond donors (Lipinski definition) is 2. The summed E-state index contributed by atoms with van der Waals surface area (Å²) in [6.45, 7) is 4.62. The SMILES string of the molecule is CCC(CC)(CN)C(=O)NCc1ccc(OC)c(OC)c1OC.Cl. The fraction of sp³-hybridized carbons (Fsp3) is 0.588. The molecule has 138 valence electrons. The maximum absolute atomic E-state index is 12.5. The number of carbonyl (C=O) groups excluding carboxylic acids is 1. The highest BCUT2D eigenvalue weighted by Gasteiger charge is 2.33. The van der Waals surface area contributed by atoms with Crippen molar-refractivity contribution in [2.75, 3.05) is 27.9 Å². The van der Waals surface area contributed by atoms with Gasteiger partial charge in [-0.15, -0.1) is 12.4 Å². The van der Waals surface area contributed by atoms with Crippen molar-refractivity contribution in [2.24, 2.45) is 11.1 Å². The molecule has 0 atom stereocenters. The van der Waals surface area contributed by atoms with E-state index >= 15 is 0 Å². The first-order valence-electron chi connectivity index (χ1n) is 7.79. The third-order valence-corrected chi connectivity index (χ3v) is 4.45. The van der Waals surface area contributed by atoms with E-state index in [-0.39, 0.29) is 18.3 Å². The third-order valence-electron chi connectivity index (χ3n) is 4.45. The van der Waals surface area contributed by atoms with Crippen molar-refractivity contribution in [1.29, 1.82) is 0 Å². The highest BCUT2D eigenvalue weighted by Crippen LogP contribution is 2.39. The standard InChI is InChI=1S/C17H28N2O4.ClH/c1-6-17(7-2,11-18)16(20)19-10-12-8-9-13(21-3)15(23-5)14(12)22-4;/h8-9H,6-7,10-11,18H2,1-5H3,(H,19,20);1H. The lowest BCUT2D eigenvalue weighted by Crippen LogP contribution is -2.45. The van der Waals surface area contributed by atoms with E-state index < -0.39 is 5.41 Å². The summed E-state index contributed by atoms with van der Waals surface area (Å²) in [7, 11) is 4.68. The molecule has 0 aromatic heterocycles. The highest BCUT2D eigenvalue weighted by molar-refractivity contribution is 5.85. The summed E-state index contributed by atoms with van der Waals surface area (Å²) < 4.78 is 16.0. The number of rotatable bonds is 9. The van der Waals surface area contributed by atoms with Crippen molar-refractivity contribution in [1.82, 2.24) is 5.32 Å². The van der Waals surface area contributed by atoms with Gasteiger partial charge in [0.2, 0.25) is 11.7 Å². The number of carbonyl (C=O) groups is 1. The summed E-state index contributed by atoms with van der Waals surface area (Å²) in [6, 6.07) is 3.64. The van der Waals surface area contributed by atoms with Crippen molar-refractivity contribution in [3.8, 4) is 17.2 Å². The van der Waals surface area contributed by atoms with Gasteiger partial charge in [0, 0.05) is 18.7 Å². The van der Waals surface area contributed by atoms with Gasteiger partial charge in [0.1, 0.15) is 0 Å². The van der Waals surface area contributed by atoms with Crippen LogP contribution in [0.1, 0.15) is 32.3 Å².